The molecule has 0 saturated heterocycles. The Morgan fingerprint density at radius 1 is 1.00 bits per heavy atom. The third kappa shape index (κ3) is 5.51. The lowest BCUT2D eigenvalue weighted by atomic mass is 9.94. The zero-order valence-electron chi connectivity index (χ0n) is 18.1. The maximum atomic E-state index is 12.2. The van der Waals surface area contributed by atoms with Gasteiger partial charge in [0.2, 0.25) is 0 Å². The van der Waals surface area contributed by atoms with Crippen LogP contribution in [-0.4, -0.2) is 29.8 Å². The van der Waals surface area contributed by atoms with E-state index >= 15 is 0 Å². The third-order valence-corrected chi connectivity index (χ3v) is 5.67. The molecule has 0 fully saturated rings. The Morgan fingerprint density at radius 2 is 1.76 bits per heavy atom. The molecule has 1 heterocycles. The van der Waals surface area contributed by atoms with Crippen LogP contribution in [0.25, 0.3) is 10.8 Å². The van der Waals surface area contributed by atoms with Crippen molar-refractivity contribution in [3.8, 4) is 0 Å². The van der Waals surface area contributed by atoms with Gasteiger partial charge in [0, 0.05) is 36.7 Å². The summed E-state index contributed by atoms with van der Waals surface area (Å²) >= 11 is 0. The van der Waals surface area contributed by atoms with E-state index in [0.29, 0.717) is 12.2 Å². The van der Waals surface area contributed by atoms with Crippen LogP contribution in [0.15, 0.2) is 54.9 Å². The van der Waals surface area contributed by atoms with Crippen LogP contribution < -0.4 is 0 Å². The summed E-state index contributed by atoms with van der Waals surface area (Å²) in [6.45, 7) is 4.98. The number of ketones is 1. The minimum Gasteiger partial charge on any atom is -0.305 e. The number of aryl methyl sites for hydroxylation is 1. The molecule has 3 nitrogen and oxygen atoms in total. The molecule has 29 heavy (non-hydrogen) atoms. The lowest BCUT2D eigenvalue weighted by Gasteiger charge is -2.14. The monoisotopic (exact) mass is 388 g/mol. The number of carbonyl (C=O) groups is 1. The summed E-state index contributed by atoms with van der Waals surface area (Å²) in [5.41, 5.74) is 5.07. The number of nitrogens with zero attached hydrogens (tertiary/aromatic N) is 2. The second kappa shape index (κ2) is 9.80. The van der Waals surface area contributed by atoms with Gasteiger partial charge in [0.25, 0.3) is 0 Å². The largest absolute Gasteiger partial charge is 0.305 e. The number of hydrogen-bond acceptors (Lipinski definition) is 3. The van der Waals surface area contributed by atoms with E-state index in [1.165, 1.54) is 33.0 Å². The van der Waals surface area contributed by atoms with Crippen LogP contribution in [0.5, 0.6) is 0 Å². The molecule has 3 heteroatoms. The molecule has 0 N–H and O–H groups in total. The highest BCUT2D eigenvalue weighted by Crippen LogP contribution is 2.24. The van der Waals surface area contributed by atoms with E-state index < -0.39 is 0 Å². The van der Waals surface area contributed by atoms with Crippen LogP contribution in [0, 0.1) is 5.92 Å². The molecule has 0 bridgehead atoms. The number of rotatable bonds is 9. The number of fused-ring (bicyclic) bond motifs is 1. The predicted octanol–water partition coefficient (Wildman–Crippen LogP) is 5.44. The summed E-state index contributed by atoms with van der Waals surface area (Å²) in [4.78, 5) is 18.8. The van der Waals surface area contributed by atoms with Gasteiger partial charge in [-0.3, -0.25) is 9.78 Å². The van der Waals surface area contributed by atoms with E-state index in [0.717, 1.165) is 25.8 Å². The summed E-state index contributed by atoms with van der Waals surface area (Å²) in [7, 11) is 4.17. The number of carbonyl (C=O) groups excluding carboxylic acids is 1. The van der Waals surface area contributed by atoms with Crippen molar-refractivity contribution >= 4 is 16.6 Å². The standard InChI is InChI=1S/C26H32N2O/c1-5-19(2)26(29)13-12-20-8-6-9-21(14-20)15-22-10-7-11-24-23(18-28(3)4)16-27-17-25(22)24/h6-11,14,16-17,19H,5,12-13,15,18H2,1-4H3. The molecule has 0 saturated carbocycles. The van der Waals surface area contributed by atoms with E-state index in [2.05, 4.69) is 73.4 Å². The molecule has 1 unspecified atom stereocenters. The maximum absolute atomic E-state index is 12.2. The summed E-state index contributed by atoms with van der Waals surface area (Å²) in [6.07, 6.45) is 7.20. The van der Waals surface area contributed by atoms with Gasteiger partial charge in [-0.15, -0.1) is 0 Å². The molecule has 152 valence electrons. The van der Waals surface area contributed by atoms with Crippen LogP contribution in [0.4, 0.5) is 0 Å². The first-order valence-corrected chi connectivity index (χ1v) is 10.6. The van der Waals surface area contributed by atoms with E-state index in [-0.39, 0.29) is 5.92 Å². The molecule has 0 amide bonds. The van der Waals surface area contributed by atoms with Crippen LogP contribution in [0.2, 0.25) is 0 Å². The Balaban J connectivity index is 1.80. The van der Waals surface area contributed by atoms with Crippen molar-refractivity contribution in [3.05, 3.63) is 77.1 Å². The Kier molecular flexibility index (Phi) is 7.16. The first-order valence-electron chi connectivity index (χ1n) is 10.6. The van der Waals surface area contributed by atoms with Crippen molar-refractivity contribution < 1.29 is 4.79 Å². The van der Waals surface area contributed by atoms with E-state index in [4.69, 9.17) is 0 Å². The van der Waals surface area contributed by atoms with Gasteiger partial charge in [0.1, 0.15) is 5.78 Å². The second-order valence-electron chi connectivity index (χ2n) is 8.32. The van der Waals surface area contributed by atoms with Crippen LogP contribution in [0.1, 0.15) is 48.9 Å². The van der Waals surface area contributed by atoms with Gasteiger partial charge < -0.3 is 4.90 Å². The topological polar surface area (TPSA) is 33.2 Å². The molecule has 0 radical (unpaired) electrons. The second-order valence-corrected chi connectivity index (χ2v) is 8.32. The fourth-order valence-electron chi connectivity index (χ4n) is 3.79. The minimum absolute atomic E-state index is 0.165. The molecule has 1 atom stereocenters. The molecule has 3 rings (SSSR count). The van der Waals surface area contributed by atoms with Gasteiger partial charge in [-0.2, -0.15) is 0 Å². The average Bonchev–Trinajstić information content (AvgIpc) is 2.72. The van der Waals surface area contributed by atoms with Crippen molar-refractivity contribution in [3.63, 3.8) is 0 Å². The quantitative estimate of drug-likeness (QED) is 0.490. The van der Waals surface area contributed by atoms with Gasteiger partial charge in [0.15, 0.2) is 0 Å². The highest BCUT2D eigenvalue weighted by atomic mass is 16.1. The Morgan fingerprint density at radius 3 is 2.52 bits per heavy atom. The molecule has 0 aliphatic carbocycles. The smallest absolute Gasteiger partial charge is 0.136 e. The number of benzene rings is 2. The van der Waals surface area contributed by atoms with Crippen molar-refractivity contribution in [2.24, 2.45) is 5.92 Å². The van der Waals surface area contributed by atoms with Gasteiger partial charge in [-0.05, 0) is 61.0 Å². The third-order valence-electron chi connectivity index (χ3n) is 5.67. The molecule has 3 aromatic rings. The molecule has 2 aromatic carbocycles. The van der Waals surface area contributed by atoms with Gasteiger partial charge in [-0.1, -0.05) is 56.3 Å². The normalized spacial score (nSPS) is 12.4. The Hall–Kier alpha value is -2.52. The van der Waals surface area contributed by atoms with E-state index in [9.17, 15) is 4.79 Å². The molecule has 0 aliphatic heterocycles. The van der Waals surface area contributed by atoms with Crippen LogP contribution >= 0.6 is 0 Å². The summed E-state index contributed by atoms with van der Waals surface area (Å²) in [5.74, 6) is 0.532. The minimum atomic E-state index is 0.165. The van der Waals surface area contributed by atoms with Gasteiger partial charge >= 0.3 is 0 Å². The molecule has 0 aliphatic rings. The average molecular weight is 389 g/mol. The number of pyridine rings is 1. The lowest BCUT2D eigenvalue weighted by Crippen LogP contribution is -2.11. The van der Waals surface area contributed by atoms with E-state index in [1.54, 1.807) is 0 Å². The van der Waals surface area contributed by atoms with Crippen LogP contribution in [-0.2, 0) is 24.2 Å². The number of aromatic nitrogens is 1. The summed E-state index contributed by atoms with van der Waals surface area (Å²) < 4.78 is 0. The van der Waals surface area contributed by atoms with Crippen molar-refractivity contribution in [2.45, 2.75) is 46.1 Å². The molecular formula is C26H32N2O. The number of Topliss-reactive ketones (excluding diaryl/α,β-unsaturated/α-hetero) is 1. The van der Waals surface area contributed by atoms with Crippen LogP contribution in [0.3, 0.4) is 0 Å². The number of hydrogen-bond donors (Lipinski definition) is 0. The Labute approximate surface area is 174 Å². The zero-order chi connectivity index (χ0) is 20.8. The van der Waals surface area contributed by atoms with Crippen molar-refractivity contribution in [2.75, 3.05) is 14.1 Å². The SMILES string of the molecule is CCC(C)C(=O)CCc1cccc(Cc2cccc3c(CN(C)C)cncc23)c1. The highest BCUT2D eigenvalue weighted by Gasteiger charge is 2.11. The molecule has 1 aromatic heterocycles. The first kappa shape index (κ1) is 21.2. The Bertz CT molecular complexity index is 977. The fraction of sp³-hybridized carbons (Fsp3) is 0.385. The molecular weight excluding hydrogens is 356 g/mol. The zero-order valence-corrected chi connectivity index (χ0v) is 18.1. The van der Waals surface area contributed by atoms with Crippen molar-refractivity contribution in [1.29, 1.82) is 0 Å². The highest BCUT2D eigenvalue weighted by molar-refractivity contribution is 5.88. The molecule has 0 spiro atoms. The van der Waals surface area contributed by atoms with Gasteiger partial charge in [0.05, 0.1) is 0 Å². The lowest BCUT2D eigenvalue weighted by molar-refractivity contribution is -0.122. The predicted molar refractivity (Wildman–Crippen MR) is 121 cm³/mol. The summed E-state index contributed by atoms with van der Waals surface area (Å²) in [5, 5.41) is 2.51. The van der Waals surface area contributed by atoms with Gasteiger partial charge in [-0.25, -0.2) is 0 Å². The first-order chi connectivity index (χ1) is 14.0. The maximum Gasteiger partial charge on any atom is 0.136 e. The fourth-order valence-corrected chi connectivity index (χ4v) is 3.79. The van der Waals surface area contributed by atoms with E-state index in [1.807, 2.05) is 19.3 Å². The van der Waals surface area contributed by atoms with Crippen molar-refractivity contribution in [1.82, 2.24) is 9.88 Å². The summed E-state index contributed by atoms with van der Waals surface area (Å²) in [6, 6.07) is 15.2.